The van der Waals surface area contributed by atoms with Gasteiger partial charge in [-0.25, -0.2) is 0 Å². The number of benzene rings is 1. The number of hydrogen-bond acceptors (Lipinski definition) is 4. The molecular weight excluding hydrogens is 192 g/mol. The van der Waals surface area contributed by atoms with Crippen LogP contribution in [0, 0.1) is 0 Å². The van der Waals surface area contributed by atoms with Gasteiger partial charge in [0, 0.05) is 11.6 Å². The fourth-order valence-corrected chi connectivity index (χ4v) is 1.50. The van der Waals surface area contributed by atoms with Crippen molar-refractivity contribution in [2.24, 2.45) is 11.5 Å². The van der Waals surface area contributed by atoms with E-state index in [2.05, 4.69) is 0 Å². The fourth-order valence-electron chi connectivity index (χ4n) is 1.50. The molecule has 0 unspecified atom stereocenters. The molecule has 0 spiro atoms. The lowest BCUT2D eigenvalue weighted by molar-refractivity contribution is 0.367. The number of rotatable bonds is 5. The highest BCUT2D eigenvalue weighted by Gasteiger charge is 2.13. The third kappa shape index (κ3) is 2.84. The Bertz CT molecular complexity index is 315. The molecule has 5 N–H and O–H groups in total. The molecule has 0 fully saturated rings. The van der Waals surface area contributed by atoms with Gasteiger partial charge in [0.2, 0.25) is 0 Å². The van der Waals surface area contributed by atoms with Gasteiger partial charge in [0.05, 0.1) is 7.11 Å². The van der Waals surface area contributed by atoms with Crippen LogP contribution in [0.4, 0.5) is 0 Å². The predicted octanol–water partition coefficient (Wildman–Crippen LogP) is 1.14. The Labute approximate surface area is 89.8 Å². The Morgan fingerprint density at radius 1 is 1.47 bits per heavy atom. The summed E-state index contributed by atoms with van der Waals surface area (Å²) < 4.78 is 5.01. The summed E-state index contributed by atoms with van der Waals surface area (Å²) in [7, 11) is 1.52. The Morgan fingerprint density at radius 3 is 2.80 bits per heavy atom. The van der Waals surface area contributed by atoms with E-state index in [1.54, 1.807) is 12.1 Å². The molecule has 15 heavy (non-hydrogen) atoms. The largest absolute Gasteiger partial charge is 0.504 e. The molecule has 4 heteroatoms. The summed E-state index contributed by atoms with van der Waals surface area (Å²) in [6.45, 7) is 0.610. The molecule has 0 heterocycles. The molecular formula is C11H18N2O2. The van der Waals surface area contributed by atoms with Crippen LogP contribution in [-0.2, 0) is 0 Å². The molecule has 0 amide bonds. The van der Waals surface area contributed by atoms with Crippen molar-refractivity contribution in [3.05, 3.63) is 23.8 Å². The maximum Gasteiger partial charge on any atom is 0.162 e. The van der Waals surface area contributed by atoms with Crippen molar-refractivity contribution in [1.82, 2.24) is 0 Å². The number of phenols is 1. The summed E-state index contributed by atoms with van der Waals surface area (Å²) in [6.07, 6.45) is 1.61. The normalized spacial score (nSPS) is 12.5. The number of aromatic hydroxyl groups is 1. The summed E-state index contributed by atoms with van der Waals surface area (Å²) in [5.74, 6) is 0.584. The first-order valence-corrected chi connectivity index (χ1v) is 5.02. The van der Waals surface area contributed by atoms with Crippen LogP contribution in [0.2, 0.25) is 0 Å². The van der Waals surface area contributed by atoms with Crippen molar-refractivity contribution in [2.75, 3.05) is 13.7 Å². The Hall–Kier alpha value is -1.26. The first-order valence-electron chi connectivity index (χ1n) is 5.02. The van der Waals surface area contributed by atoms with Crippen molar-refractivity contribution in [1.29, 1.82) is 0 Å². The zero-order chi connectivity index (χ0) is 11.3. The van der Waals surface area contributed by atoms with Gasteiger partial charge < -0.3 is 21.3 Å². The van der Waals surface area contributed by atoms with E-state index in [9.17, 15) is 5.11 Å². The van der Waals surface area contributed by atoms with Crippen LogP contribution in [0.25, 0.3) is 0 Å². The lowest BCUT2D eigenvalue weighted by Gasteiger charge is -2.14. The van der Waals surface area contributed by atoms with E-state index in [0.717, 1.165) is 12.8 Å². The van der Waals surface area contributed by atoms with E-state index in [-0.39, 0.29) is 11.8 Å². The third-order valence-corrected chi connectivity index (χ3v) is 2.37. The number of methoxy groups -OCH3 is 1. The van der Waals surface area contributed by atoms with Crippen LogP contribution >= 0.6 is 0 Å². The van der Waals surface area contributed by atoms with Crippen LogP contribution in [0.5, 0.6) is 11.5 Å². The Morgan fingerprint density at radius 2 is 2.20 bits per heavy atom. The zero-order valence-corrected chi connectivity index (χ0v) is 8.94. The van der Waals surface area contributed by atoms with E-state index in [1.165, 1.54) is 7.11 Å². The van der Waals surface area contributed by atoms with Gasteiger partial charge in [0.25, 0.3) is 0 Å². The summed E-state index contributed by atoms with van der Waals surface area (Å²) in [5, 5.41) is 9.82. The smallest absolute Gasteiger partial charge is 0.162 e. The molecule has 0 bridgehead atoms. The minimum absolute atomic E-state index is 0.129. The number of ether oxygens (including phenoxy) is 1. The standard InChI is InChI=1S/C11H18N2O2/c1-15-10-6-2-4-8(11(10)14)9(13)5-3-7-12/h2,4,6,9,14H,3,5,7,12-13H2,1H3/t9-/m1/s1. The summed E-state index contributed by atoms with van der Waals surface area (Å²) in [5.41, 5.74) is 12.1. The van der Waals surface area contributed by atoms with Crippen LogP contribution in [-0.4, -0.2) is 18.8 Å². The van der Waals surface area contributed by atoms with Crippen LogP contribution in [0.3, 0.4) is 0 Å². The van der Waals surface area contributed by atoms with Crippen molar-refractivity contribution in [3.8, 4) is 11.5 Å². The van der Waals surface area contributed by atoms with Gasteiger partial charge in [-0.3, -0.25) is 0 Å². The van der Waals surface area contributed by atoms with E-state index in [1.807, 2.05) is 6.07 Å². The predicted molar refractivity (Wildman–Crippen MR) is 59.9 cm³/mol. The van der Waals surface area contributed by atoms with Gasteiger partial charge >= 0.3 is 0 Å². The van der Waals surface area contributed by atoms with Gasteiger partial charge in [-0.05, 0) is 25.5 Å². The third-order valence-electron chi connectivity index (χ3n) is 2.37. The van der Waals surface area contributed by atoms with E-state index < -0.39 is 0 Å². The molecule has 1 atom stereocenters. The van der Waals surface area contributed by atoms with Gasteiger partial charge in [-0.15, -0.1) is 0 Å². The van der Waals surface area contributed by atoms with Gasteiger partial charge in [0.1, 0.15) is 0 Å². The van der Waals surface area contributed by atoms with Gasteiger partial charge in [-0.1, -0.05) is 12.1 Å². The fraction of sp³-hybridized carbons (Fsp3) is 0.455. The monoisotopic (exact) mass is 210 g/mol. The van der Waals surface area contributed by atoms with Crippen molar-refractivity contribution in [3.63, 3.8) is 0 Å². The van der Waals surface area contributed by atoms with Crippen LogP contribution in [0.1, 0.15) is 24.4 Å². The minimum atomic E-state index is -0.191. The molecule has 0 saturated carbocycles. The highest BCUT2D eigenvalue weighted by Crippen LogP contribution is 2.33. The maximum absolute atomic E-state index is 9.82. The van der Waals surface area contributed by atoms with Crippen molar-refractivity contribution < 1.29 is 9.84 Å². The Balaban J connectivity index is 2.83. The summed E-state index contributed by atoms with van der Waals surface area (Å²) >= 11 is 0. The highest BCUT2D eigenvalue weighted by atomic mass is 16.5. The first-order chi connectivity index (χ1) is 7.20. The molecule has 0 aliphatic carbocycles. The number of nitrogens with two attached hydrogens (primary N) is 2. The number of phenolic OH excluding ortho intramolecular Hbond substituents is 1. The van der Waals surface area contributed by atoms with Crippen LogP contribution in [0.15, 0.2) is 18.2 Å². The lowest BCUT2D eigenvalue weighted by Crippen LogP contribution is -2.12. The maximum atomic E-state index is 9.82. The molecule has 84 valence electrons. The molecule has 1 rings (SSSR count). The van der Waals surface area contributed by atoms with Crippen LogP contribution < -0.4 is 16.2 Å². The molecule has 0 saturated heterocycles. The molecule has 1 aromatic rings. The van der Waals surface area contributed by atoms with E-state index >= 15 is 0 Å². The highest BCUT2D eigenvalue weighted by molar-refractivity contribution is 5.46. The molecule has 0 aliphatic heterocycles. The lowest BCUT2D eigenvalue weighted by atomic mass is 10.0. The van der Waals surface area contributed by atoms with E-state index in [4.69, 9.17) is 16.2 Å². The number of hydrogen-bond donors (Lipinski definition) is 3. The zero-order valence-electron chi connectivity index (χ0n) is 8.94. The average molecular weight is 210 g/mol. The molecule has 0 radical (unpaired) electrons. The summed E-state index contributed by atoms with van der Waals surface area (Å²) in [6, 6.07) is 5.13. The minimum Gasteiger partial charge on any atom is -0.504 e. The van der Waals surface area contributed by atoms with E-state index in [0.29, 0.717) is 17.9 Å². The van der Waals surface area contributed by atoms with Crippen molar-refractivity contribution >= 4 is 0 Å². The second kappa shape index (κ2) is 5.58. The quantitative estimate of drug-likeness (QED) is 0.680. The van der Waals surface area contributed by atoms with Gasteiger partial charge in [0.15, 0.2) is 11.5 Å². The summed E-state index contributed by atoms with van der Waals surface area (Å²) in [4.78, 5) is 0. The SMILES string of the molecule is COc1cccc([C@H](N)CCCN)c1O. The molecule has 0 aromatic heterocycles. The van der Waals surface area contributed by atoms with Crippen molar-refractivity contribution in [2.45, 2.75) is 18.9 Å². The second-order valence-corrected chi connectivity index (χ2v) is 3.44. The Kier molecular flexibility index (Phi) is 4.39. The average Bonchev–Trinajstić information content (AvgIpc) is 2.26. The first kappa shape index (κ1) is 11.8. The van der Waals surface area contributed by atoms with Gasteiger partial charge in [-0.2, -0.15) is 0 Å². The molecule has 0 aliphatic rings. The second-order valence-electron chi connectivity index (χ2n) is 3.44. The topological polar surface area (TPSA) is 81.5 Å². The molecule has 4 nitrogen and oxygen atoms in total. The molecule has 1 aromatic carbocycles. The number of para-hydroxylation sites is 1.